The van der Waals surface area contributed by atoms with E-state index in [0.717, 1.165) is 36.2 Å². The first-order valence-electron chi connectivity index (χ1n) is 7.20. The Kier molecular flexibility index (Phi) is 5.55. The summed E-state index contributed by atoms with van der Waals surface area (Å²) in [6.45, 7) is 9.00. The van der Waals surface area contributed by atoms with Gasteiger partial charge in [-0.05, 0) is 37.2 Å². The van der Waals surface area contributed by atoms with Crippen LogP contribution in [0.3, 0.4) is 0 Å². The summed E-state index contributed by atoms with van der Waals surface area (Å²) >= 11 is 3.52. The van der Waals surface area contributed by atoms with E-state index in [0.29, 0.717) is 12.6 Å². The van der Waals surface area contributed by atoms with E-state index in [9.17, 15) is 4.39 Å². The third-order valence-corrected chi connectivity index (χ3v) is 4.91. The predicted molar refractivity (Wildman–Crippen MR) is 84.2 cm³/mol. The van der Waals surface area contributed by atoms with Gasteiger partial charge in [0.2, 0.25) is 0 Å². The SMILES string of the molecule is CCN1CCN(C(CN)c2cc(F)ccc2Br)CC1C. The fourth-order valence-electron chi connectivity index (χ4n) is 3.02. The van der Waals surface area contributed by atoms with Crippen LogP contribution in [0.1, 0.15) is 25.5 Å². The molecule has 0 bridgehead atoms. The van der Waals surface area contributed by atoms with Crippen LogP contribution in [0.15, 0.2) is 22.7 Å². The Morgan fingerprint density at radius 3 is 2.80 bits per heavy atom. The summed E-state index contributed by atoms with van der Waals surface area (Å²) in [5.41, 5.74) is 6.92. The van der Waals surface area contributed by atoms with Gasteiger partial charge in [0.25, 0.3) is 0 Å². The number of halogens is 2. The number of benzene rings is 1. The molecule has 0 saturated carbocycles. The molecule has 112 valence electrons. The number of hydrogen-bond acceptors (Lipinski definition) is 3. The molecular weight excluding hydrogens is 321 g/mol. The Bertz CT molecular complexity index is 455. The minimum absolute atomic E-state index is 0.0709. The van der Waals surface area contributed by atoms with Gasteiger partial charge in [-0.1, -0.05) is 22.9 Å². The lowest BCUT2D eigenvalue weighted by molar-refractivity contribution is 0.0604. The molecule has 1 aromatic rings. The van der Waals surface area contributed by atoms with Gasteiger partial charge in [0.05, 0.1) is 0 Å². The number of nitrogens with zero attached hydrogens (tertiary/aromatic N) is 2. The van der Waals surface area contributed by atoms with Crippen LogP contribution >= 0.6 is 15.9 Å². The first kappa shape index (κ1) is 15.9. The fraction of sp³-hybridized carbons (Fsp3) is 0.600. The first-order valence-corrected chi connectivity index (χ1v) is 7.99. The van der Waals surface area contributed by atoms with Crippen molar-refractivity contribution in [1.29, 1.82) is 0 Å². The summed E-state index contributed by atoms with van der Waals surface area (Å²) < 4.78 is 14.4. The third kappa shape index (κ3) is 3.39. The van der Waals surface area contributed by atoms with Crippen molar-refractivity contribution < 1.29 is 4.39 Å². The topological polar surface area (TPSA) is 32.5 Å². The minimum Gasteiger partial charge on any atom is -0.329 e. The largest absolute Gasteiger partial charge is 0.329 e. The summed E-state index contributed by atoms with van der Waals surface area (Å²) in [6, 6.07) is 5.41. The summed E-state index contributed by atoms with van der Waals surface area (Å²) in [4.78, 5) is 4.83. The Labute approximate surface area is 129 Å². The molecule has 2 atom stereocenters. The van der Waals surface area contributed by atoms with Crippen molar-refractivity contribution in [2.75, 3.05) is 32.7 Å². The van der Waals surface area contributed by atoms with Crippen molar-refractivity contribution in [2.24, 2.45) is 5.73 Å². The molecule has 1 fully saturated rings. The van der Waals surface area contributed by atoms with Gasteiger partial charge in [-0.15, -0.1) is 0 Å². The molecule has 1 aliphatic rings. The van der Waals surface area contributed by atoms with Crippen LogP contribution in [-0.2, 0) is 0 Å². The van der Waals surface area contributed by atoms with E-state index in [2.05, 4.69) is 39.6 Å². The molecule has 0 amide bonds. The molecule has 1 heterocycles. The van der Waals surface area contributed by atoms with Gasteiger partial charge in [-0.2, -0.15) is 0 Å². The second-order valence-corrected chi connectivity index (χ2v) is 6.24. The van der Waals surface area contributed by atoms with Crippen molar-refractivity contribution in [2.45, 2.75) is 25.9 Å². The zero-order chi connectivity index (χ0) is 14.7. The molecule has 2 N–H and O–H groups in total. The van der Waals surface area contributed by atoms with Crippen molar-refractivity contribution in [3.8, 4) is 0 Å². The lowest BCUT2D eigenvalue weighted by atomic mass is 10.0. The molecule has 0 aromatic heterocycles. The second-order valence-electron chi connectivity index (χ2n) is 5.39. The molecule has 2 unspecified atom stereocenters. The molecular formula is C15H23BrFN3. The minimum atomic E-state index is -0.207. The molecule has 0 spiro atoms. The van der Waals surface area contributed by atoms with E-state index in [1.54, 1.807) is 12.1 Å². The van der Waals surface area contributed by atoms with E-state index in [1.807, 2.05) is 0 Å². The number of nitrogens with two attached hydrogens (primary N) is 1. The van der Waals surface area contributed by atoms with Crippen LogP contribution in [0.25, 0.3) is 0 Å². The van der Waals surface area contributed by atoms with E-state index in [4.69, 9.17) is 5.73 Å². The van der Waals surface area contributed by atoms with Gasteiger partial charge in [-0.25, -0.2) is 4.39 Å². The molecule has 0 radical (unpaired) electrons. The smallest absolute Gasteiger partial charge is 0.123 e. The zero-order valence-electron chi connectivity index (χ0n) is 12.1. The van der Waals surface area contributed by atoms with Gasteiger partial charge >= 0.3 is 0 Å². The Morgan fingerprint density at radius 2 is 2.20 bits per heavy atom. The Balaban J connectivity index is 2.18. The van der Waals surface area contributed by atoms with Crippen LogP contribution in [0.2, 0.25) is 0 Å². The normalized spacial score (nSPS) is 22.9. The number of piperazine rings is 1. The molecule has 3 nitrogen and oxygen atoms in total. The van der Waals surface area contributed by atoms with Gasteiger partial charge in [-0.3, -0.25) is 9.80 Å². The maximum Gasteiger partial charge on any atom is 0.123 e. The zero-order valence-corrected chi connectivity index (χ0v) is 13.7. The highest BCUT2D eigenvalue weighted by molar-refractivity contribution is 9.10. The quantitative estimate of drug-likeness (QED) is 0.911. The highest BCUT2D eigenvalue weighted by Gasteiger charge is 2.28. The monoisotopic (exact) mass is 343 g/mol. The standard InChI is InChI=1S/C15H23BrFN3/c1-3-19-6-7-20(10-11(19)2)15(9-18)13-8-12(17)4-5-14(13)16/h4-5,8,11,15H,3,6-7,9-10,18H2,1-2H3. The molecule has 0 aliphatic carbocycles. The van der Waals surface area contributed by atoms with E-state index >= 15 is 0 Å². The number of likely N-dealkylation sites (N-methyl/N-ethyl adjacent to an activating group) is 1. The Morgan fingerprint density at radius 1 is 1.45 bits per heavy atom. The van der Waals surface area contributed by atoms with Crippen molar-refractivity contribution in [3.05, 3.63) is 34.1 Å². The lowest BCUT2D eigenvalue weighted by Gasteiger charge is -2.43. The van der Waals surface area contributed by atoms with Gasteiger partial charge in [0, 0.05) is 42.7 Å². The summed E-state index contributed by atoms with van der Waals surface area (Å²) in [7, 11) is 0. The fourth-order valence-corrected chi connectivity index (χ4v) is 3.53. The second kappa shape index (κ2) is 6.98. The van der Waals surface area contributed by atoms with Crippen LogP contribution in [0.4, 0.5) is 4.39 Å². The van der Waals surface area contributed by atoms with E-state index in [-0.39, 0.29) is 11.9 Å². The summed E-state index contributed by atoms with van der Waals surface area (Å²) in [5, 5.41) is 0. The van der Waals surface area contributed by atoms with Gasteiger partial charge in [0.15, 0.2) is 0 Å². The third-order valence-electron chi connectivity index (χ3n) is 4.18. The molecule has 1 aromatic carbocycles. The van der Waals surface area contributed by atoms with E-state index < -0.39 is 0 Å². The average Bonchev–Trinajstić information content (AvgIpc) is 2.44. The van der Waals surface area contributed by atoms with Crippen LogP contribution in [0.5, 0.6) is 0 Å². The van der Waals surface area contributed by atoms with Crippen LogP contribution in [0, 0.1) is 5.82 Å². The lowest BCUT2D eigenvalue weighted by Crippen LogP contribution is -2.53. The van der Waals surface area contributed by atoms with Crippen molar-refractivity contribution in [1.82, 2.24) is 9.80 Å². The maximum atomic E-state index is 13.5. The van der Waals surface area contributed by atoms with Crippen molar-refractivity contribution >= 4 is 15.9 Å². The molecule has 1 aliphatic heterocycles. The van der Waals surface area contributed by atoms with Crippen LogP contribution in [-0.4, -0.2) is 48.6 Å². The summed E-state index contributed by atoms with van der Waals surface area (Å²) in [5.74, 6) is -0.207. The highest BCUT2D eigenvalue weighted by atomic mass is 79.9. The summed E-state index contributed by atoms with van der Waals surface area (Å²) in [6.07, 6.45) is 0. The molecule has 1 saturated heterocycles. The highest BCUT2D eigenvalue weighted by Crippen LogP contribution is 2.29. The van der Waals surface area contributed by atoms with Crippen LogP contribution < -0.4 is 5.73 Å². The van der Waals surface area contributed by atoms with Gasteiger partial charge in [0.1, 0.15) is 5.82 Å². The Hall–Kier alpha value is -0.490. The maximum absolute atomic E-state index is 13.5. The first-order chi connectivity index (χ1) is 9.56. The van der Waals surface area contributed by atoms with E-state index in [1.165, 1.54) is 6.07 Å². The van der Waals surface area contributed by atoms with Crippen molar-refractivity contribution in [3.63, 3.8) is 0 Å². The average molecular weight is 344 g/mol. The predicted octanol–water partition coefficient (Wildman–Crippen LogP) is 2.61. The number of hydrogen-bond donors (Lipinski definition) is 1. The van der Waals surface area contributed by atoms with Gasteiger partial charge < -0.3 is 5.73 Å². The molecule has 20 heavy (non-hydrogen) atoms. The molecule has 5 heteroatoms. The number of rotatable bonds is 4. The molecule has 2 rings (SSSR count).